The second-order valence-corrected chi connectivity index (χ2v) is 6.13. The minimum absolute atomic E-state index is 0.0664. The van der Waals surface area contributed by atoms with E-state index in [1.54, 1.807) is 30.5 Å². The molecule has 3 aromatic rings. The number of aryl methyl sites for hydroxylation is 1. The van der Waals surface area contributed by atoms with Gasteiger partial charge in [0.2, 0.25) is 0 Å². The summed E-state index contributed by atoms with van der Waals surface area (Å²) in [5, 5.41) is 2.81. The number of hydrogen-bond donors (Lipinski definition) is 1. The van der Waals surface area contributed by atoms with Crippen molar-refractivity contribution in [2.45, 2.75) is 13.5 Å². The molecule has 2 aromatic heterocycles. The summed E-state index contributed by atoms with van der Waals surface area (Å²) in [6, 6.07) is 10.8. The fraction of sp³-hybridized carbons (Fsp3) is 0.105. The Kier molecular flexibility index (Phi) is 5.14. The van der Waals surface area contributed by atoms with Crippen LogP contribution in [0.2, 0.25) is 5.02 Å². The van der Waals surface area contributed by atoms with Gasteiger partial charge >= 0.3 is 0 Å². The first kappa shape index (κ1) is 17.8. The van der Waals surface area contributed by atoms with Gasteiger partial charge in [0.05, 0.1) is 6.54 Å². The summed E-state index contributed by atoms with van der Waals surface area (Å²) in [6.45, 7) is 1.79. The summed E-state index contributed by atoms with van der Waals surface area (Å²) in [5.74, 6) is -0.743. The van der Waals surface area contributed by atoms with Gasteiger partial charge in [-0.25, -0.2) is 9.37 Å². The Hall–Kier alpha value is -2.99. The molecule has 1 amide bonds. The van der Waals surface area contributed by atoms with Crippen LogP contribution in [0.4, 0.5) is 10.2 Å². The predicted octanol–water partition coefficient (Wildman–Crippen LogP) is 3.64. The number of nitrogens with one attached hydrogen (secondary N) is 1. The molecule has 0 bridgehead atoms. The first-order chi connectivity index (χ1) is 12.5. The van der Waals surface area contributed by atoms with Crippen LogP contribution in [0.15, 0.2) is 59.7 Å². The van der Waals surface area contributed by atoms with Crippen molar-refractivity contribution in [2.24, 2.45) is 0 Å². The van der Waals surface area contributed by atoms with Gasteiger partial charge in [0.1, 0.15) is 17.2 Å². The van der Waals surface area contributed by atoms with Crippen LogP contribution in [0.1, 0.15) is 21.5 Å². The molecule has 0 aliphatic heterocycles. The van der Waals surface area contributed by atoms with E-state index in [1.807, 2.05) is 6.92 Å². The molecule has 0 fully saturated rings. The van der Waals surface area contributed by atoms with E-state index < -0.39 is 17.3 Å². The Morgan fingerprint density at radius 3 is 2.81 bits per heavy atom. The highest BCUT2D eigenvalue weighted by Crippen LogP contribution is 2.19. The largest absolute Gasteiger partial charge is 0.310 e. The van der Waals surface area contributed by atoms with Crippen LogP contribution in [0, 0.1) is 12.7 Å². The van der Waals surface area contributed by atoms with Crippen molar-refractivity contribution in [2.75, 3.05) is 5.32 Å². The van der Waals surface area contributed by atoms with Gasteiger partial charge in [0.15, 0.2) is 0 Å². The molecule has 26 heavy (non-hydrogen) atoms. The highest BCUT2D eigenvalue weighted by Gasteiger charge is 2.15. The number of benzene rings is 1. The first-order valence-corrected chi connectivity index (χ1v) is 8.20. The maximum absolute atomic E-state index is 14.0. The quantitative estimate of drug-likeness (QED) is 0.761. The summed E-state index contributed by atoms with van der Waals surface area (Å²) in [6.07, 6.45) is 3.04. The standard InChI is InChI=1S/C19H15ClFN3O2/c1-12-7-8-22-17(10-12)23-18(25)13-4-3-9-24(19(13)26)11-14-15(20)5-2-6-16(14)21/h2-10H,11H2,1H3,(H,22,23,25). The number of anilines is 1. The number of aromatic nitrogens is 2. The molecule has 5 nitrogen and oxygen atoms in total. The number of carbonyl (C=O) groups is 1. The number of nitrogens with zero attached hydrogens (tertiary/aromatic N) is 2. The zero-order chi connectivity index (χ0) is 18.7. The third-order valence-electron chi connectivity index (χ3n) is 3.81. The zero-order valence-corrected chi connectivity index (χ0v) is 14.6. The molecule has 0 aliphatic rings. The second kappa shape index (κ2) is 7.49. The minimum Gasteiger partial charge on any atom is -0.310 e. The van der Waals surface area contributed by atoms with Crippen LogP contribution in [0.3, 0.4) is 0 Å². The zero-order valence-electron chi connectivity index (χ0n) is 13.9. The molecular formula is C19H15ClFN3O2. The van der Waals surface area contributed by atoms with Crippen LogP contribution in [-0.4, -0.2) is 15.5 Å². The third-order valence-corrected chi connectivity index (χ3v) is 4.17. The fourth-order valence-electron chi connectivity index (χ4n) is 2.48. The number of pyridine rings is 2. The van der Waals surface area contributed by atoms with Crippen LogP contribution in [0.25, 0.3) is 0 Å². The van der Waals surface area contributed by atoms with Crippen LogP contribution in [0.5, 0.6) is 0 Å². The monoisotopic (exact) mass is 371 g/mol. The normalized spacial score (nSPS) is 10.6. The van der Waals surface area contributed by atoms with E-state index in [-0.39, 0.29) is 22.7 Å². The molecule has 2 heterocycles. The SMILES string of the molecule is Cc1ccnc(NC(=O)c2cccn(Cc3c(F)cccc3Cl)c2=O)c1. The van der Waals surface area contributed by atoms with Crippen molar-refractivity contribution in [3.8, 4) is 0 Å². The van der Waals surface area contributed by atoms with Crippen molar-refractivity contribution in [3.05, 3.63) is 92.7 Å². The van der Waals surface area contributed by atoms with Gasteiger partial charge in [-0.2, -0.15) is 0 Å². The number of carbonyl (C=O) groups excluding carboxylic acids is 1. The predicted molar refractivity (Wildman–Crippen MR) is 98.1 cm³/mol. The summed E-state index contributed by atoms with van der Waals surface area (Å²) in [4.78, 5) is 29.1. The molecule has 0 saturated heterocycles. The smallest absolute Gasteiger partial charge is 0.263 e. The van der Waals surface area contributed by atoms with Gasteiger partial charge in [0.25, 0.3) is 11.5 Å². The number of amides is 1. The Bertz CT molecular complexity index is 1010. The summed E-state index contributed by atoms with van der Waals surface area (Å²) in [5.41, 5.74) is 0.504. The van der Waals surface area contributed by atoms with Gasteiger partial charge < -0.3 is 9.88 Å². The lowest BCUT2D eigenvalue weighted by atomic mass is 10.2. The molecule has 132 valence electrons. The second-order valence-electron chi connectivity index (χ2n) is 5.73. The molecule has 0 atom stereocenters. The lowest BCUT2D eigenvalue weighted by Gasteiger charge is -2.10. The number of rotatable bonds is 4. The minimum atomic E-state index is -0.581. The van der Waals surface area contributed by atoms with Gasteiger partial charge in [-0.15, -0.1) is 0 Å². The Labute approximate surface area is 154 Å². The van der Waals surface area contributed by atoms with Gasteiger partial charge in [-0.3, -0.25) is 9.59 Å². The average Bonchev–Trinajstić information content (AvgIpc) is 2.59. The maximum atomic E-state index is 14.0. The molecule has 3 rings (SSSR count). The van der Waals surface area contributed by atoms with Crippen molar-refractivity contribution < 1.29 is 9.18 Å². The maximum Gasteiger partial charge on any atom is 0.263 e. The van der Waals surface area contributed by atoms with Gasteiger partial charge in [-0.1, -0.05) is 17.7 Å². The molecule has 0 unspecified atom stereocenters. The van der Waals surface area contributed by atoms with E-state index in [0.717, 1.165) is 5.56 Å². The number of hydrogen-bond acceptors (Lipinski definition) is 3. The summed E-state index contributed by atoms with van der Waals surface area (Å²) >= 11 is 6.01. The molecule has 7 heteroatoms. The van der Waals surface area contributed by atoms with Crippen molar-refractivity contribution in [1.82, 2.24) is 9.55 Å². The molecular weight excluding hydrogens is 357 g/mol. The molecule has 1 aromatic carbocycles. The van der Waals surface area contributed by atoms with E-state index in [2.05, 4.69) is 10.3 Å². The molecule has 0 spiro atoms. The van der Waals surface area contributed by atoms with Gasteiger partial charge in [-0.05, 0) is 48.9 Å². The van der Waals surface area contributed by atoms with Crippen LogP contribution >= 0.6 is 11.6 Å². The summed E-state index contributed by atoms with van der Waals surface area (Å²) < 4.78 is 15.2. The van der Waals surface area contributed by atoms with E-state index >= 15 is 0 Å². The van der Waals surface area contributed by atoms with E-state index in [0.29, 0.717) is 5.82 Å². The molecule has 1 N–H and O–H groups in total. The number of halogens is 2. The third kappa shape index (κ3) is 3.81. The molecule has 0 saturated carbocycles. The highest BCUT2D eigenvalue weighted by molar-refractivity contribution is 6.31. The first-order valence-electron chi connectivity index (χ1n) is 7.82. The Morgan fingerprint density at radius 2 is 2.08 bits per heavy atom. The summed E-state index contributed by atoms with van der Waals surface area (Å²) in [7, 11) is 0. The van der Waals surface area contributed by atoms with E-state index in [1.165, 1.54) is 29.0 Å². The van der Waals surface area contributed by atoms with Crippen molar-refractivity contribution in [1.29, 1.82) is 0 Å². The van der Waals surface area contributed by atoms with Crippen LogP contribution in [-0.2, 0) is 6.54 Å². The highest BCUT2D eigenvalue weighted by atomic mass is 35.5. The van der Waals surface area contributed by atoms with E-state index in [9.17, 15) is 14.0 Å². The Balaban J connectivity index is 1.90. The fourth-order valence-corrected chi connectivity index (χ4v) is 2.70. The topological polar surface area (TPSA) is 64.0 Å². The lowest BCUT2D eigenvalue weighted by Crippen LogP contribution is -2.29. The average molecular weight is 372 g/mol. The Morgan fingerprint density at radius 1 is 1.27 bits per heavy atom. The van der Waals surface area contributed by atoms with E-state index in [4.69, 9.17) is 11.6 Å². The molecule has 0 radical (unpaired) electrons. The molecule has 0 aliphatic carbocycles. The van der Waals surface area contributed by atoms with Crippen molar-refractivity contribution >= 4 is 23.3 Å². The van der Waals surface area contributed by atoms with Crippen LogP contribution < -0.4 is 10.9 Å². The van der Waals surface area contributed by atoms with Crippen molar-refractivity contribution in [3.63, 3.8) is 0 Å². The lowest BCUT2D eigenvalue weighted by molar-refractivity contribution is 0.102. The van der Waals surface area contributed by atoms with Gasteiger partial charge in [0, 0.05) is 23.0 Å².